The summed E-state index contributed by atoms with van der Waals surface area (Å²) in [6, 6.07) is 0. The van der Waals surface area contributed by atoms with Crippen molar-refractivity contribution in [3.05, 3.63) is 10.7 Å². The molecular weight excluding hydrogens is 164 g/mol. The Morgan fingerprint density at radius 3 is 2.25 bits per heavy atom. The maximum absolute atomic E-state index is 3.54. The second-order valence-electron chi connectivity index (χ2n) is 0.402. The van der Waals surface area contributed by atoms with E-state index in [2.05, 4.69) is 11.6 Å². The van der Waals surface area contributed by atoms with Crippen LogP contribution in [0.1, 0.15) is 0 Å². The van der Waals surface area contributed by atoms with Crippen molar-refractivity contribution < 1.29 is 0 Å². The van der Waals surface area contributed by atoms with Crippen LogP contribution in [0.25, 0.3) is 0 Å². The van der Waals surface area contributed by atoms with Crippen LogP contribution in [0.3, 0.4) is 0 Å². The first-order valence-electron chi connectivity index (χ1n) is 1.05. The molecule has 0 aromatic carbocycles. The molecule has 0 bridgehead atoms. The molecule has 0 radical (unpaired) electrons. The van der Waals surface area contributed by atoms with Crippen LogP contribution in [0.4, 0.5) is 0 Å². The van der Waals surface area contributed by atoms with Gasteiger partial charge in [0.05, 0.1) is 0 Å². The Kier molecular flexibility index (Phi) is 4.00. The van der Waals surface area contributed by atoms with E-state index in [0.717, 1.165) is 0 Å². The summed E-state index contributed by atoms with van der Waals surface area (Å²) in [6.45, 7) is 3.54. The van der Waals surface area contributed by atoms with E-state index < -0.39 is 0 Å². The van der Waals surface area contributed by atoms with Crippen LogP contribution in [-0.4, -0.2) is 20.9 Å². The Bertz CT molecular complexity index is 17.2. The van der Waals surface area contributed by atoms with Crippen molar-refractivity contribution in [1.82, 2.24) is 0 Å². The summed E-state index contributed by atoms with van der Waals surface area (Å²) in [5.74, 6) is 0. The van der Waals surface area contributed by atoms with Crippen LogP contribution in [0, 0.1) is 0 Å². The fraction of sp³-hybridized carbons (Fsp3) is 0.333. The molecule has 0 aromatic rings. The van der Waals surface area contributed by atoms with Gasteiger partial charge in [0.2, 0.25) is 0 Å². The van der Waals surface area contributed by atoms with Gasteiger partial charge in [-0.15, -0.1) is 0 Å². The van der Waals surface area contributed by atoms with Gasteiger partial charge in [-0.1, -0.05) is 0 Å². The van der Waals surface area contributed by atoms with Crippen molar-refractivity contribution in [3.8, 4) is 0 Å². The predicted molar refractivity (Wildman–Crippen MR) is 21.8 cm³/mol. The molecule has 0 unspecified atom stereocenters. The summed E-state index contributed by atoms with van der Waals surface area (Å²) < 4.78 is 2.00. The SMILES string of the molecule is C=C[Te]C. The minimum atomic E-state index is 0.246. The van der Waals surface area contributed by atoms with E-state index >= 15 is 0 Å². The standard InChI is InChI=1S/C3H6Te/c1-3-4-2/h3H,1H2,2H3. The third kappa shape index (κ3) is 2.53. The van der Waals surface area contributed by atoms with E-state index in [1.54, 1.807) is 0 Å². The van der Waals surface area contributed by atoms with Gasteiger partial charge in [0.25, 0.3) is 0 Å². The van der Waals surface area contributed by atoms with Gasteiger partial charge >= 0.3 is 36.6 Å². The molecule has 0 aliphatic rings. The molecule has 0 heterocycles. The molecule has 0 spiro atoms. The molecule has 0 amide bonds. The monoisotopic (exact) mass is 172 g/mol. The van der Waals surface area contributed by atoms with E-state index in [4.69, 9.17) is 0 Å². The molecule has 0 saturated carbocycles. The molecule has 4 heavy (non-hydrogen) atoms. The number of hydrogen-bond donors (Lipinski definition) is 0. The van der Waals surface area contributed by atoms with Crippen molar-refractivity contribution in [2.75, 3.05) is 0 Å². The summed E-state index contributed by atoms with van der Waals surface area (Å²) in [7, 11) is 0. The van der Waals surface area contributed by atoms with Crippen molar-refractivity contribution in [1.29, 1.82) is 0 Å². The summed E-state index contributed by atoms with van der Waals surface area (Å²) in [6.07, 6.45) is 0. The van der Waals surface area contributed by atoms with Gasteiger partial charge < -0.3 is 0 Å². The average molecular weight is 170 g/mol. The Balaban J connectivity index is 2.30. The van der Waals surface area contributed by atoms with Crippen molar-refractivity contribution >= 4 is 20.9 Å². The van der Waals surface area contributed by atoms with Crippen LogP contribution in [0.15, 0.2) is 10.7 Å². The van der Waals surface area contributed by atoms with Crippen LogP contribution in [0.5, 0.6) is 0 Å². The quantitative estimate of drug-likeness (QED) is 0.512. The molecule has 0 fully saturated rings. The predicted octanol–water partition coefficient (Wildman–Crippen LogP) is 0.882. The van der Waals surface area contributed by atoms with E-state index in [-0.39, 0.29) is 20.9 Å². The molecule has 1 heteroatoms. The van der Waals surface area contributed by atoms with Gasteiger partial charge in [-0.2, -0.15) is 0 Å². The van der Waals surface area contributed by atoms with Crippen molar-refractivity contribution in [2.45, 2.75) is 4.97 Å². The zero-order valence-electron chi connectivity index (χ0n) is 2.69. The third-order valence-corrected chi connectivity index (χ3v) is 1.12. The normalized spacial score (nSPS) is 6.25. The molecule has 0 aliphatic heterocycles. The molecule has 0 rings (SSSR count). The Labute approximate surface area is 37.0 Å². The second-order valence-corrected chi connectivity index (χ2v) is 2.70. The Morgan fingerprint density at radius 1 is 2.00 bits per heavy atom. The van der Waals surface area contributed by atoms with Gasteiger partial charge in [-0.3, -0.25) is 0 Å². The van der Waals surface area contributed by atoms with E-state index in [1.165, 1.54) is 0 Å². The summed E-state index contributed by atoms with van der Waals surface area (Å²) in [5, 5.41) is 0. The second kappa shape index (κ2) is 3.53. The molecular formula is C3H6Te. The first-order valence-corrected chi connectivity index (χ1v) is 4.73. The first-order chi connectivity index (χ1) is 1.91. The van der Waals surface area contributed by atoms with Gasteiger partial charge in [0.15, 0.2) is 0 Å². The fourth-order valence-electron chi connectivity index (χ4n) is 0. The fourth-order valence-corrected chi connectivity index (χ4v) is 0. The van der Waals surface area contributed by atoms with Crippen molar-refractivity contribution in [3.63, 3.8) is 0 Å². The molecule has 0 saturated heterocycles. The summed E-state index contributed by atoms with van der Waals surface area (Å²) in [4.78, 5) is 2.19. The van der Waals surface area contributed by atoms with Gasteiger partial charge in [-0.25, -0.2) is 0 Å². The maximum atomic E-state index is 3.54. The van der Waals surface area contributed by atoms with Crippen LogP contribution >= 0.6 is 0 Å². The van der Waals surface area contributed by atoms with Crippen LogP contribution in [-0.2, 0) is 0 Å². The zero-order valence-corrected chi connectivity index (χ0v) is 5.02. The van der Waals surface area contributed by atoms with Crippen molar-refractivity contribution in [2.24, 2.45) is 0 Å². The first kappa shape index (κ1) is 4.53. The van der Waals surface area contributed by atoms with E-state index in [1.807, 2.05) is 4.12 Å². The molecule has 0 aromatic heterocycles. The van der Waals surface area contributed by atoms with Crippen LogP contribution < -0.4 is 0 Å². The Morgan fingerprint density at radius 2 is 2.25 bits per heavy atom. The van der Waals surface area contributed by atoms with E-state index in [0.29, 0.717) is 0 Å². The average Bonchev–Trinajstić information content (AvgIpc) is 1.37. The van der Waals surface area contributed by atoms with Crippen LogP contribution in [0.2, 0.25) is 4.97 Å². The van der Waals surface area contributed by atoms with E-state index in [9.17, 15) is 0 Å². The molecule has 24 valence electrons. The minimum absolute atomic E-state index is 0.246. The zero-order chi connectivity index (χ0) is 3.41. The number of rotatable bonds is 1. The number of hydrogen-bond acceptors (Lipinski definition) is 0. The topological polar surface area (TPSA) is 0 Å². The summed E-state index contributed by atoms with van der Waals surface area (Å²) in [5.41, 5.74) is 0. The molecule has 0 aliphatic carbocycles. The third-order valence-electron chi connectivity index (χ3n) is 0.167. The molecule has 0 N–H and O–H groups in total. The van der Waals surface area contributed by atoms with Gasteiger partial charge in [0, 0.05) is 0 Å². The Hall–Kier alpha value is 0.530. The van der Waals surface area contributed by atoms with Gasteiger partial charge in [0.1, 0.15) is 0 Å². The molecule has 0 atom stereocenters. The summed E-state index contributed by atoms with van der Waals surface area (Å²) >= 11 is 0.246. The molecule has 0 nitrogen and oxygen atoms in total. The van der Waals surface area contributed by atoms with Gasteiger partial charge in [-0.05, 0) is 0 Å².